The molecule has 0 aliphatic heterocycles. The predicted molar refractivity (Wildman–Crippen MR) is 116 cm³/mol. The number of thioether (sulfide) groups is 1. The zero-order valence-corrected chi connectivity index (χ0v) is 17.7. The Morgan fingerprint density at radius 1 is 1.19 bits per heavy atom. The molecule has 9 nitrogen and oxygen atoms in total. The smallest absolute Gasteiger partial charge is 0.336 e. The molecule has 0 radical (unpaired) electrons. The number of nitrogens with one attached hydrogen (secondary N) is 1. The highest BCUT2D eigenvalue weighted by atomic mass is 32.2. The van der Waals surface area contributed by atoms with E-state index in [2.05, 4.69) is 20.8 Å². The molecule has 0 saturated heterocycles. The van der Waals surface area contributed by atoms with Crippen LogP contribution in [-0.4, -0.2) is 33.2 Å². The van der Waals surface area contributed by atoms with Gasteiger partial charge in [-0.2, -0.15) is 0 Å². The zero-order valence-electron chi connectivity index (χ0n) is 16.9. The highest BCUT2D eigenvalue weighted by Crippen LogP contribution is 2.27. The number of carbonyl (C=O) groups excluding carboxylic acids is 1. The lowest BCUT2D eigenvalue weighted by molar-refractivity contribution is -0.114. The van der Waals surface area contributed by atoms with Gasteiger partial charge < -0.3 is 14.5 Å². The third kappa shape index (κ3) is 4.92. The summed E-state index contributed by atoms with van der Waals surface area (Å²) in [5, 5.41) is 16.1. The van der Waals surface area contributed by atoms with Gasteiger partial charge in [-0.1, -0.05) is 23.9 Å². The number of hydrogen-bond acceptors (Lipinski definition) is 8. The van der Waals surface area contributed by atoms with Crippen molar-refractivity contribution in [3.63, 3.8) is 0 Å². The molecule has 10 heteroatoms. The first-order valence-electron chi connectivity index (χ1n) is 9.38. The van der Waals surface area contributed by atoms with E-state index in [1.54, 1.807) is 23.9 Å². The molecule has 0 aliphatic carbocycles. The van der Waals surface area contributed by atoms with Crippen molar-refractivity contribution in [3.05, 3.63) is 70.1 Å². The average molecular weight is 437 g/mol. The highest BCUT2D eigenvalue weighted by Gasteiger charge is 2.12. The second-order valence-corrected chi connectivity index (χ2v) is 7.68. The fraction of sp³-hybridized carbons (Fsp3) is 0.190. The third-order valence-corrected chi connectivity index (χ3v) is 5.50. The van der Waals surface area contributed by atoms with Gasteiger partial charge in [0.25, 0.3) is 0 Å². The lowest BCUT2D eigenvalue weighted by Gasteiger charge is -2.08. The van der Waals surface area contributed by atoms with Crippen molar-refractivity contribution in [2.45, 2.75) is 24.4 Å². The Morgan fingerprint density at radius 3 is 2.74 bits per heavy atom. The maximum absolute atomic E-state index is 12.0. The highest BCUT2D eigenvalue weighted by molar-refractivity contribution is 7.98. The summed E-state index contributed by atoms with van der Waals surface area (Å²) >= 11 is 1.42. The van der Waals surface area contributed by atoms with E-state index in [0.717, 1.165) is 22.3 Å². The van der Waals surface area contributed by atoms with E-state index in [0.29, 0.717) is 28.7 Å². The number of ether oxygens (including phenoxy) is 1. The van der Waals surface area contributed by atoms with Crippen molar-refractivity contribution < 1.29 is 13.9 Å². The molecule has 2 aromatic carbocycles. The van der Waals surface area contributed by atoms with E-state index in [1.165, 1.54) is 24.8 Å². The molecule has 4 aromatic rings. The quantitative estimate of drug-likeness (QED) is 0.347. The molecule has 2 heterocycles. The van der Waals surface area contributed by atoms with Crippen LogP contribution in [0.4, 0.5) is 5.69 Å². The zero-order chi connectivity index (χ0) is 21.8. The van der Waals surface area contributed by atoms with Crippen LogP contribution in [-0.2, 0) is 17.1 Å². The Labute approximate surface area is 181 Å². The number of anilines is 1. The van der Waals surface area contributed by atoms with Crippen LogP contribution in [0.5, 0.6) is 5.75 Å². The van der Waals surface area contributed by atoms with E-state index < -0.39 is 5.63 Å². The average Bonchev–Trinajstić information content (AvgIpc) is 3.18. The largest absolute Gasteiger partial charge is 0.497 e. The van der Waals surface area contributed by atoms with Crippen LogP contribution in [0.2, 0.25) is 0 Å². The van der Waals surface area contributed by atoms with Crippen LogP contribution < -0.4 is 15.7 Å². The molecule has 4 rings (SSSR count). The minimum absolute atomic E-state index is 0.197. The summed E-state index contributed by atoms with van der Waals surface area (Å²) < 4.78 is 12.2. The molecular weight excluding hydrogens is 418 g/mol. The molecular formula is C21H19N5O4S. The first kappa shape index (κ1) is 20.6. The van der Waals surface area contributed by atoms with Crippen LogP contribution >= 0.6 is 11.8 Å². The Morgan fingerprint density at radius 2 is 2.00 bits per heavy atom. The second kappa shape index (κ2) is 9.00. The minimum atomic E-state index is -0.458. The summed E-state index contributed by atoms with van der Waals surface area (Å²) in [4.78, 5) is 23.3. The maximum atomic E-state index is 12.0. The molecule has 0 spiro atoms. The van der Waals surface area contributed by atoms with E-state index in [1.807, 2.05) is 30.3 Å². The number of methoxy groups -OCH3 is 1. The number of nitrogens with zero attached hydrogens (tertiary/aromatic N) is 4. The SMILES string of the molecule is COc1ccc(Cn2nnnc2SCc2cc(=O)oc3cc(NC(C)=O)ccc23)cc1. The maximum Gasteiger partial charge on any atom is 0.336 e. The molecule has 0 atom stereocenters. The first-order valence-corrected chi connectivity index (χ1v) is 10.4. The van der Waals surface area contributed by atoms with Gasteiger partial charge >= 0.3 is 5.63 Å². The Kier molecular flexibility index (Phi) is 5.99. The van der Waals surface area contributed by atoms with Crippen LogP contribution in [0.15, 0.2) is 62.9 Å². The topological polar surface area (TPSA) is 112 Å². The molecule has 0 aliphatic rings. The number of benzene rings is 2. The van der Waals surface area contributed by atoms with Gasteiger partial charge in [-0.3, -0.25) is 4.79 Å². The van der Waals surface area contributed by atoms with Gasteiger partial charge in [0.2, 0.25) is 11.1 Å². The normalized spacial score (nSPS) is 10.9. The molecule has 0 fully saturated rings. The number of tetrazole rings is 1. The number of amides is 1. The third-order valence-electron chi connectivity index (χ3n) is 4.50. The fourth-order valence-corrected chi connectivity index (χ4v) is 3.94. The summed E-state index contributed by atoms with van der Waals surface area (Å²) in [6.45, 7) is 1.93. The summed E-state index contributed by atoms with van der Waals surface area (Å²) in [7, 11) is 1.62. The number of aromatic nitrogens is 4. The van der Waals surface area contributed by atoms with Gasteiger partial charge in [0, 0.05) is 35.9 Å². The Balaban J connectivity index is 1.53. The van der Waals surface area contributed by atoms with Crippen LogP contribution in [0.3, 0.4) is 0 Å². The molecule has 0 bridgehead atoms. The molecule has 1 N–H and O–H groups in total. The van der Waals surface area contributed by atoms with E-state index in [-0.39, 0.29) is 5.91 Å². The van der Waals surface area contributed by atoms with E-state index in [9.17, 15) is 9.59 Å². The standard InChI is InChI=1S/C21H19N5O4S/c1-13(27)22-16-5-8-18-15(9-20(28)30-19(18)10-16)12-31-21-23-24-25-26(21)11-14-3-6-17(29-2)7-4-14/h3-10H,11-12H2,1-2H3,(H,22,27). The van der Waals surface area contributed by atoms with Crippen molar-refractivity contribution in [1.29, 1.82) is 0 Å². The number of carbonyl (C=O) groups is 1. The van der Waals surface area contributed by atoms with Crippen LogP contribution in [0, 0.1) is 0 Å². The van der Waals surface area contributed by atoms with Crippen molar-refractivity contribution in [3.8, 4) is 5.75 Å². The lowest BCUT2D eigenvalue weighted by Crippen LogP contribution is -2.06. The summed E-state index contributed by atoms with van der Waals surface area (Å²) in [6, 6.07) is 14.4. The minimum Gasteiger partial charge on any atom is -0.497 e. The van der Waals surface area contributed by atoms with Crippen LogP contribution in [0.1, 0.15) is 18.1 Å². The Hall–Kier alpha value is -3.66. The fourth-order valence-electron chi connectivity index (χ4n) is 3.08. The van der Waals surface area contributed by atoms with Crippen molar-refractivity contribution in [2.24, 2.45) is 0 Å². The molecule has 0 unspecified atom stereocenters. The molecule has 0 saturated carbocycles. The number of hydrogen-bond donors (Lipinski definition) is 1. The molecule has 2 aromatic heterocycles. The van der Waals surface area contributed by atoms with Crippen molar-refractivity contribution >= 4 is 34.3 Å². The number of rotatable bonds is 7. The van der Waals surface area contributed by atoms with Crippen molar-refractivity contribution in [1.82, 2.24) is 20.2 Å². The van der Waals surface area contributed by atoms with Crippen molar-refractivity contribution in [2.75, 3.05) is 12.4 Å². The predicted octanol–water partition coefficient (Wildman–Crippen LogP) is 3.09. The first-order chi connectivity index (χ1) is 15.0. The molecule has 1 amide bonds. The van der Waals surface area contributed by atoms with Gasteiger partial charge in [0.15, 0.2) is 0 Å². The van der Waals surface area contributed by atoms with Crippen LogP contribution in [0.25, 0.3) is 11.0 Å². The van der Waals surface area contributed by atoms with Gasteiger partial charge in [-0.25, -0.2) is 9.48 Å². The molecule has 158 valence electrons. The Bertz CT molecular complexity index is 1280. The van der Waals surface area contributed by atoms with Gasteiger partial charge in [-0.05, 0) is 45.8 Å². The van der Waals surface area contributed by atoms with Gasteiger partial charge in [0.05, 0.1) is 13.7 Å². The van der Waals surface area contributed by atoms with Gasteiger partial charge in [-0.15, -0.1) is 5.10 Å². The summed E-state index contributed by atoms with van der Waals surface area (Å²) in [6.07, 6.45) is 0. The lowest BCUT2D eigenvalue weighted by atomic mass is 10.1. The van der Waals surface area contributed by atoms with E-state index in [4.69, 9.17) is 9.15 Å². The van der Waals surface area contributed by atoms with E-state index >= 15 is 0 Å². The van der Waals surface area contributed by atoms with Gasteiger partial charge in [0.1, 0.15) is 11.3 Å². The monoisotopic (exact) mass is 437 g/mol. The second-order valence-electron chi connectivity index (χ2n) is 6.74. The summed E-state index contributed by atoms with van der Waals surface area (Å²) in [5.41, 5.74) is 2.35. The molecule has 31 heavy (non-hydrogen) atoms. The summed E-state index contributed by atoms with van der Waals surface area (Å²) in [5.74, 6) is 1.06. The number of fused-ring (bicyclic) bond motifs is 1.